The van der Waals surface area contributed by atoms with Crippen LogP contribution in [-0.4, -0.2) is 59.8 Å². The van der Waals surface area contributed by atoms with Gasteiger partial charge in [0.05, 0.1) is 5.69 Å². The van der Waals surface area contributed by atoms with E-state index in [0.717, 1.165) is 4.90 Å². The van der Waals surface area contributed by atoms with Gasteiger partial charge in [0, 0.05) is 0 Å². The van der Waals surface area contributed by atoms with Crippen LogP contribution in [0, 0.1) is 0 Å². The summed E-state index contributed by atoms with van der Waals surface area (Å²) in [6, 6.07) is 4.84. The van der Waals surface area contributed by atoms with Crippen LogP contribution in [0.25, 0.3) is 0 Å². The average molecular weight is 337 g/mol. The van der Waals surface area contributed by atoms with Crippen LogP contribution in [0.3, 0.4) is 0 Å². The van der Waals surface area contributed by atoms with E-state index in [9.17, 15) is 14.4 Å². The molecule has 0 radical (unpaired) electrons. The van der Waals surface area contributed by atoms with Crippen LogP contribution in [-0.2, 0) is 14.4 Å². The molecule has 9 heteroatoms. The maximum atomic E-state index is 12.6. The minimum absolute atomic E-state index is 0.00821. The standard InChI is InChI=1S/C15H19N3O6/c16-9(15(22)23)5-6-17-10-8-24-12-4-2-1-3-11(12)18(14(10)21)7-13(19)20/h1-4,9-10,17H,5-8,16H2,(H,19,20)(H,22,23)/t9?,10-/m0/s1. The fraction of sp³-hybridized carbons (Fsp3) is 0.400. The summed E-state index contributed by atoms with van der Waals surface area (Å²) >= 11 is 0. The Hall–Kier alpha value is -2.65. The van der Waals surface area contributed by atoms with Gasteiger partial charge in [0.2, 0.25) is 5.91 Å². The van der Waals surface area contributed by atoms with Crippen molar-refractivity contribution < 1.29 is 29.3 Å². The molecule has 1 aromatic carbocycles. The number of nitrogens with two attached hydrogens (primary N) is 1. The Morgan fingerprint density at radius 1 is 1.38 bits per heavy atom. The van der Waals surface area contributed by atoms with Crippen LogP contribution < -0.4 is 20.7 Å². The lowest BCUT2D eigenvalue weighted by molar-refractivity contribution is -0.139. The second-order valence-electron chi connectivity index (χ2n) is 5.34. The normalized spacial score (nSPS) is 18.3. The summed E-state index contributed by atoms with van der Waals surface area (Å²) in [7, 11) is 0. The molecular formula is C15H19N3O6. The van der Waals surface area contributed by atoms with Gasteiger partial charge in [-0.1, -0.05) is 12.1 Å². The lowest BCUT2D eigenvalue weighted by Gasteiger charge is -2.23. The number of rotatable bonds is 7. The lowest BCUT2D eigenvalue weighted by atomic mass is 10.2. The molecular weight excluding hydrogens is 318 g/mol. The van der Waals surface area contributed by atoms with Crippen LogP contribution in [0.2, 0.25) is 0 Å². The highest BCUT2D eigenvalue weighted by Crippen LogP contribution is 2.30. The molecule has 1 aliphatic heterocycles. The van der Waals surface area contributed by atoms with Crippen molar-refractivity contribution in [3.8, 4) is 5.75 Å². The molecule has 130 valence electrons. The van der Waals surface area contributed by atoms with Crippen molar-refractivity contribution in [1.82, 2.24) is 5.32 Å². The maximum absolute atomic E-state index is 12.6. The number of nitrogens with zero attached hydrogens (tertiary/aromatic N) is 1. The molecule has 2 atom stereocenters. The SMILES string of the molecule is NC(CCN[C@H]1COc2ccccc2N(CC(=O)O)C1=O)C(=O)O. The number of anilines is 1. The van der Waals surface area contributed by atoms with E-state index in [0.29, 0.717) is 11.4 Å². The molecule has 0 saturated heterocycles. The molecule has 0 spiro atoms. The van der Waals surface area contributed by atoms with Gasteiger partial charge in [0.1, 0.15) is 31.0 Å². The zero-order valence-electron chi connectivity index (χ0n) is 12.8. The summed E-state index contributed by atoms with van der Waals surface area (Å²) in [4.78, 5) is 35.6. The largest absolute Gasteiger partial charge is 0.489 e. The minimum atomic E-state index is -1.15. The summed E-state index contributed by atoms with van der Waals surface area (Å²) in [6.45, 7) is -0.301. The second kappa shape index (κ2) is 7.75. The predicted molar refractivity (Wildman–Crippen MR) is 83.9 cm³/mol. The highest BCUT2D eigenvalue weighted by molar-refractivity contribution is 6.02. The first kappa shape index (κ1) is 17.7. The molecule has 0 aliphatic carbocycles. The van der Waals surface area contributed by atoms with Gasteiger partial charge in [-0.25, -0.2) is 0 Å². The molecule has 1 heterocycles. The zero-order valence-corrected chi connectivity index (χ0v) is 12.8. The Balaban J connectivity index is 2.11. The van der Waals surface area contributed by atoms with Crippen molar-refractivity contribution in [3.05, 3.63) is 24.3 Å². The highest BCUT2D eigenvalue weighted by Gasteiger charge is 2.32. The molecule has 0 aromatic heterocycles. The number of fused-ring (bicyclic) bond motifs is 1. The number of carbonyl (C=O) groups is 3. The number of nitrogens with one attached hydrogen (secondary N) is 1. The first-order valence-electron chi connectivity index (χ1n) is 7.37. The molecule has 0 bridgehead atoms. The van der Waals surface area contributed by atoms with Crippen LogP contribution >= 0.6 is 0 Å². The highest BCUT2D eigenvalue weighted by atomic mass is 16.5. The first-order chi connectivity index (χ1) is 11.4. The van der Waals surface area contributed by atoms with Crippen LogP contribution in [0.1, 0.15) is 6.42 Å². The quantitative estimate of drug-likeness (QED) is 0.509. The van der Waals surface area contributed by atoms with Crippen molar-refractivity contribution >= 4 is 23.5 Å². The minimum Gasteiger partial charge on any atom is -0.489 e. The number of benzene rings is 1. The van der Waals surface area contributed by atoms with Crippen LogP contribution in [0.5, 0.6) is 5.75 Å². The third kappa shape index (κ3) is 4.21. The van der Waals surface area contributed by atoms with Crippen molar-refractivity contribution in [2.45, 2.75) is 18.5 Å². The lowest BCUT2D eigenvalue weighted by Crippen LogP contribution is -2.50. The zero-order chi connectivity index (χ0) is 17.7. The number of para-hydroxylation sites is 2. The number of hydrogen-bond donors (Lipinski definition) is 4. The van der Waals surface area contributed by atoms with Crippen molar-refractivity contribution in [2.75, 3.05) is 24.6 Å². The number of amides is 1. The predicted octanol–water partition coefficient (Wildman–Crippen LogP) is -0.743. The molecule has 5 N–H and O–H groups in total. The Bertz CT molecular complexity index is 635. The Kier molecular flexibility index (Phi) is 5.72. The van der Waals surface area contributed by atoms with E-state index in [1.165, 1.54) is 0 Å². The fourth-order valence-corrected chi connectivity index (χ4v) is 2.33. The van der Waals surface area contributed by atoms with E-state index >= 15 is 0 Å². The van der Waals surface area contributed by atoms with E-state index in [-0.39, 0.29) is 19.6 Å². The molecule has 1 aliphatic rings. The fourth-order valence-electron chi connectivity index (χ4n) is 2.33. The van der Waals surface area contributed by atoms with Crippen molar-refractivity contribution in [2.24, 2.45) is 5.73 Å². The third-order valence-electron chi connectivity index (χ3n) is 3.58. The summed E-state index contributed by atoms with van der Waals surface area (Å²) < 4.78 is 5.58. The van der Waals surface area contributed by atoms with Crippen LogP contribution in [0.15, 0.2) is 24.3 Å². The number of carboxylic acid groups (broad SMARTS) is 2. The molecule has 2 rings (SSSR count). The van der Waals surface area contributed by atoms with E-state index in [2.05, 4.69) is 5.32 Å². The van der Waals surface area contributed by atoms with Gasteiger partial charge in [-0.05, 0) is 25.1 Å². The number of ether oxygens (including phenoxy) is 1. The van der Waals surface area contributed by atoms with Gasteiger partial charge < -0.3 is 26.0 Å². The number of aliphatic carboxylic acids is 2. The van der Waals surface area contributed by atoms with E-state index in [4.69, 9.17) is 20.7 Å². The summed E-state index contributed by atoms with van der Waals surface area (Å²) in [5.74, 6) is -2.31. The molecule has 9 nitrogen and oxygen atoms in total. The van der Waals surface area contributed by atoms with Crippen molar-refractivity contribution in [3.63, 3.8) is 0 Å². The molecule has 0 fully saturated rings. The Morgan fingerprint density at radius 3 is 2.75 bits per heavy atom. The number of hydrogen-bond acceptors (Lipinski definition) is 6. The molecule has 24 heavy (non-hydrogen) atoms. The van der Waals surface area contributed by atoms with Gasteiger partial charge in [0.15, 0.2) is 0 Å². The van der Waals surface area contributed by atoms with Gasteiger partial charge >= 0.3 is 11.9 Å². The maximum Gasteiger partial charge on any atom is 0.323 e. The molecule has 0 saturated carbocycles. The third-order valence-corrected chi connectivity index (χ3v) is 3.58. The average Bonchev–Trinajstić information content (AvgIpc) is 2.66. The van der Waals surface area contributed by atoms with E-state index < -0.39 is 36.5 Å². The molecule has 1 amide bonds. The van der Waals surface area contributed by atoms with E-state index in [1.54, 1.807) is 24.3 Å². The number of carboxylic acids is 2. The van der Waals surface area contributed by atoms with Crippen molar-refractivity contribution in [1.29, 1.82) is 0 Å². The monoisotopic (exact) mass is 337 g/mol. The smallest absolute Gasteiger partial charge is 0.323 e. The molecule has 1 aromatic rings. The Morgan fingerprint density at radius 2 is 2.08 bits per heavy atom. The van der Waals surface area contributed by atoms with Crippen LogP contribution in [0.4, 0.5) is 5.69 Å². The first-order valence-corrected chi connectivity index (χ1v) is 7.37. The van der Waals surface area contributed by atoms with E-state index in [1.807, 2.05) is 0 Å². The van der Waals surface area contributed by atoms with Gasteiger partial charge in [-0.3, -0.25) is 19.3 Å². The number of carbonyl (C=O) groups excluding carboxylic acids is 1. The second-order valence-corrected chi connectivity index (χ2v) is 5.34. The topological polar surface area (TPSA) is 142 Å². The summed E-state index contributed by atoms with van der Waals surface area (Å²) in [6.07, 6.45) is 0.130. The Labute approximate surface area is 138 Å². The summed E-state index contributed by atoms with van der Waals surface area (Å²) in [5, 5.41) is 20.7. The molecule has 1 unspecified atom stereocenters. The van der Waals surface area contributed by atoms with Gasteiger partial charge in [0.25, 0.3) is 0 Å². The van der Waals surface area contributed by atoms with Gasteiger partial charge in [-0.15, -0.1) is 0 Å². The summed E-state index contributed by atoms with van der Waals surface area (Å²) in [5.41, 5.74) is 5.80. The van der Waals surface area contributed by atoms with Gasteiger partial charge in [-0.2, -0.15) is 0 Å².